The van der Waals surface area contributed by atoms with Crippen LogP contribution in [0.5, 0.6) is 5.75 Å². The SMILES string of the molecule is COc1ccc2c(c1)CCc1c-2n[nH]c1C(=O)Nc1cccc(C)c1. The van der Waals surface area contributed by atoms with Gasteiger partial charge in [-0.2, -0.15) is 5.10 Å². The van der Waals surface area contributed by atoms with Crippen LogP contribution < -0.4 is 10.1 Å². The number of fused-ring (bicyclic) bond motifs is 3. The van der Waals surface area contributed by atoms with Crippen molar-refractivity contribution in [2.75, 3.05) is 12.4 Å². The van der Waals surface area contributed by atoms with Crippen LogP contribution in [0.4, 0.5) is 5.69 Å². The van der Waals surface area contributed by atoms with Gasteiger partial charge in [0.15, 0.2) is 0 Å². The molecule has 1 aromatic heterocycles. The highest BCUT2D eigenvalue weighted by Crippen LogP contribution is 2.35. The number of nitrogens with one attached hydrogen (secondary N) is 2. The Morgan fingerprint density at radius 2 is 2.08 bits per heavy atom. The fourth-order valence-electron chi connectivity index (χ4n) is 3.33. The Hall–Kier alpha value is -3.08. The van der Waals surface area contributed by atoms with Crippen molar-refractivity contribution < 1.29 is 9.53 Å². The Morgan fingerprint density at radius 3 is 2.88 bits per heavy atom. The van der Waals surface area contributed by atoms with Crippen molar-refractivity contribution in [1.82, 2.24) is 10.2 Å². The molecule has 4 rings (SSSR count). The molecule has 126 valence electrons. The van der Waals surface area contributed by atoms with Gasteiger partial charge in [-0.3, -0.25) is 9.89 Å². The Balaban J connectivity index is 1.66. The van der Waals surface area contributed by atoms with Crippen LogP contribution in [0.15, 0.2) is 42.5 Å². The third kappa shape index (κ3) is 2.78. The number of hydrogen-bond donors (Lipinski definition) is 2. The first kappa shape index (κ1) is 15.4. The highest BCUT2D eigenvalue weighted by Gasteiger charge is 2.25. The monoisotopic (exact) mass is 333 g/mol. The van der Waals surface area contributed by atoms with Crippen LogP contribution in [0.3, 0.4) is 0 Å². The number of H-pyrrole nitrogens is 1. The fourth-order valence-corrected chi connectivity index (χ4v) is 3.33. The van der Waals surface area contributed by atoms with Crippen LogP contribution >= 0.6 is 0 Å². The second kappa shape index (κ2) is 6.09. The largest absolute Gasteiger partial charge is 0.497 e. The molecule has 1 heterocycles. The van der Waals surface area contributed by atoms with Crippen LogP contribution in [0.25, 0.3) is 11.3 Å². The summed E-state index contributed by atoms with van der Waals surface area (Å²) in [7, 11) is 1.66. The average Bonchev–Trinajstić information content (AvgIpc) is 3.05. The number of carbonyl (C=O) groups is 1. The normalized spacial score (nSPS) is 12.2. The van der Waals surface area contributed by atoms with Crippen LogP contribution in [0.2, 0.25) is 0 Å². The predicted molar refractivity (Wildman–Crippen MR) is 97.1 cm³/mol. The molecule has 0 fully saturated rings. The number of aryl methyl sites for hydroxylation is 2. The number of methoxy groups -OCH3 is 1. The summed E-state index contributed by atoms with van der Waals surface area (Å²) in [6.07, 6.45) is 1.65. The number of aromatic amines is 1. The lowest BCUT2D eigenvalue weighted by molar-refractivity contribution is 0.102. The minimum Gasteiger partial charge on any atom is -0.497 e. The van der Waals surface area contributed by atoms with Crippen LogP contribution in [-0.2, 0) is 12.8 Å². The second-order valence-corrected chi connectivity index (χ2v) is 6.27. The third-order valence-electron chi connectivity index (χ3n) is 4.58. The molecule has 1 amide bonds. The van der Waals surface area contributed by atoms with E-state index < -0.39 is 0 Å². The number of amides is 1. The zero-order chi connectivity index (χ0) is 17.4. The molecule has 0 saturated carbocycles. The Morgan fingerprint density at radius 1 is 1.20 bits per heavy atom. The molecule has 0 unspecified atom stereocenters. The van der Waals surface area contributed by atoms with Gasteiger partial charge in [0.05, 0.1) is 12.8 Å². The molecule has 0 atom stereocenters. The molecule has 0 radical (unpaired) electrons. The molecule has 1 aliphatic rings. The second-order valence-electron chi connectivity index (χ2n) is 6.27. The van der Waals surface area contributed by atoms with Crippen LogP contribution in [0.1, 0.15) is 27.2 Å². The van der Waals surface area contributed by atoms with Crippen molar-refractivity contribution in [2.24, 2.45) is 0 Å². The van der Waals surface area contributed by atoms with Gasteiger partial charge >= 0.3 is 0 Å². The molecule has 0 bridgehead atoms. The molecule has 3 aromatic rings. The summed E-state index contributed by atoms with van der Waals surface area (Å²) in [5, 5.41) is 10.3. The molecular formula is C20H19N3O2. The molecule has 2 aromatic carbocycles. The zero-order valence-corrected chi connectivity index (χ0v) is 14.2. The number of ether oxygens (including phenoxy) is 1. The highest BCUT2D eigenvalue weighted by molar-refractivity contribution is 6.05. The lowest BCUT2D eigenvalue weighted by atomic mass is 9.89. The van der Waals surface area contributed by atoms with E-state index in [1.165, 1.54) is 5.56 Å². The van der Waals surface area contributed by atoms with Crippen LogP contribution in [0, 0.1) is 6.92 Å². The Kier molecular flexibility index (Phi) is 3.76. The van der Waals surface area contributed by atoms with E-state index in [1.807, 2.05) is 49.4 Å². The first-order chi connectivity index (χ1) is 12.2. The van der Waals surface area contributed by atoms with Crippen molar-refractivity contribution in [3.8, 4) is 17.0 Å². The quantitative estimate of drug-likeness (QED) is 0.767. The lowest BCUT2D eigenvalue weighted by Gasteiger charge is -2.17. The third-order valence-corrected chi connectivity index (χ3v) is 4.58. The van der Waals surface area contributed by atoms with Crippen molar-refractivity contribution in [3.05, 3.63) is 64.8 Å². The number of hydrogen-bond acceptors (Lipinski definition) is 3. The van der Waals surface area contributed by atoms with Crippen LogP contribution in [-0.4, -0.2) is 23.2 Å². The molecule has 5 heteroatoms. The van der Waals surface area contributed by atoms with Gasteiger partial charge in [0.25, 0.3) is 5.91 Å². The van der Waals surface area contributed by atoms with Gasteiger partial charge in [-0.25, -0.2) is 0 Å². The summed E-state index contributed by atoms with van der Waals surface area (Å²) in [6.45, 7) is 2.00. The molecule has 5 nitrogen and oxygen atoms in total. The molecule has 25 heavy (non-hydrogen) atoms. The number of nitrogens with zero attached hydrogens (tertiary/aromatic N) is 1. The maximum Gasteiger partial charge on any atom is 0.273 e. The number of aromatic nitrogens is 2. The lowest BCUT2D eigenvalue weighted by Crippen LogP contribution is -2.15. The molecule has 2 N–H and O–H groups in total. The summed E-state index contributed by atoms with van der Waals surface area (Å²) in [6, 6.07) is 13.7. The van der Waals surface area contributed by atoms with Gasteiger partial charge < -0.3 is 10.1 Å². The zero-order valence-electron chi connectivity index (χ0n) is 14.2. The predicted octanol–water partition coefficient (Wildman–Crippen LogP) is 3.74. The van der Waals surface area contributed by atoms with Gasteiger partial charge in [0.1, 0.15) is 11.4 Å². The first-order valence-electron chi connectivity index (χ1n) is 8.28. The summed E-state index contributed by atoms with van der Waals surface area (Å²) in [5.74, 6) is 0.687. The summed E-state index contributed by atoms with van der Waals surface area (Å²) in [4.78, 5) is 12.7. The van der Waals surface area contributed by atoms with Crippen molar-refractivity contribution in [1.29, 1.82) is 0 Å². The van der Waals surface area contributed by atoms with Gasteiger partial charge in [0.2, 0.25) is 0 Å². The van der Waals surface area contributed by atoms with Crippen molar-refractivity contribution in [3.63, 3.8) is 0 Å². The molecule has 0 spiro atoms. The number of anilines is 1. The van der Waals surface area contributed by atoms with Gasteiger partial charge in [-0.05, 0) is 61.2 Å². The molecule has 0 saturated heterocycles. The van der Waals surface area contributed by atoms with Crippen molar-refractivity contribution >= 4 is 11.6 Å². The van der Waals surface area contributed by atoms with E-state index in [0.29, 0.717) is 5.69 Å². The van der Waals surface area contributed by atoms with E-state index in [0.717, 1.165) is 46.7 Å². The maximum atomic E-state index is 12.7. The number of rotatable bonds is 3. The minimum atomic E-state index is -0.156. The Bertz CT molecular complexity index is 959. The van der Waals surface area contributed by atoms with E-state index in [4.69, 9.17) is 4.74 Å². The first-order valence-corrected chi connectivity index (χ1v) is 8.28. The molecule has 1 aliphatic carbocycles. The van der Waals surface area contributed by atoms with E-state index in [-0.39, 0.29) is 5.91 Å². The van der Waals surface area contributed by atoms with E-state index in [2.05, 4.69) is 15.5 Å². The number of carbonyl (C=O) groups excluding carboxylic acids is 1. The van der Waals surface area contributed by atoms with E-state index in [1.54, 1.807) is 7.11 Å². The Labute approximate surface area is 146 Å². The van der Waals surface area contributed by atoms with E-state index in [9.17, 15) is 4.79 Å². The topological polar surface area (TPSA) is 67.0 Å². The van der Waals surface area contributed by atoms with Gasteiger partial charge in [-0.1, -0.05) is 12.1 Å². The van der Waals surface area contributed by atoms with Gasteiger partial charge in [-0.15, -0.1) is 0 Å². The van der Waals surface area contributed by atoms with Gasteiger partial charge in [0, 0.05) is 16.8 Å². The van der Waals surface area contributed by atoms with E-state index >= 15 is 0 Å². The molecule has 0 aliphatic heterocycles. The summed E-state index contributed by atoms with van der Waals surface area (Å²) in [5.41, 5.74) is 6.53. The summed E-state index contributed by atoms with van der Waals surface area (Å²) >= 11 is 0. The standard InChI is InChI=1S/C20H19N3O2/c1-12-4-3-5-14(10-12)21-20(24)19-17-8-6-13-11-15(25-2)7-9-16(13)18(17)22-23-19/h3-5,7,9-11H,6,8H2,1-2H3,(H,21,24)(H,22,23). The summed E-state index contributed by atoms with van der Waals surface area (Å²) < 4.78 is 5.30. The fraction of sp³-hybridized carbons (Fsp3) is 0.200. The molecular weight excluding hydrogens is 314 g/mol. The maximum absolute atomic E-state index is 12.7. The minimum absolute atomic E-state index is 0.156. The highest BCUT2D eigenvalue weighted by atomic mass is 16.5. The average molecular weight is 333 g/mol. The number of benzene rings is 2. The van der Waals surface area contributed by atoms with Crippen molar-refractivity contribution in [2.45, 2.75) is 19.8 Å². The smallest absolute Gasteiger partial charge is 0.273 e.